The van der Waals surface area contributed by atoms with Gasteiger partial charge in [0.15, 0.2) is 0 Å². The molecule has 1 fully saturated rings. The average Bonchev–Trinajstić information content (AvgIpc) is 2.92. The zero-order valence-corrected chi connectivity index (χ0v) is 21.5. The highest BCUT2D eigenvalue weighted by molar-refractivity contribution is 7.89. The van der Waals surface area contributed by atoms with E-state index in [0.29, 0.717) is 17.4 Å². The summed E-state index contributed by atoms with van der Waals surface area (Å²) >= 11 is 0. The van der Waals surface area contributed by atoms with Crippen LogP contribution in [0.2, 0.25) is 0 Å². The van der Waals surface area contributed by atoms with Gasteiger partial charge in [-0.25, -0.2) is 12.7 Å². The third kappa shape index (κ3) is 6.51. The Kier molecular flexibility index (Phi) is 8.60. The van der Waals surface area contributed by atoms with Crippen LogP contribution in [0.25, 0.3) is 0 Å². The molecule has 0 N–H and O–H groups in total. The molecule has 1 aliphatic rings. The lowest BCUT2D eigenvalue weighted by atomic mass is 9.89. The van der Waals surface area contributed by atoms with Gasteiger partial charge in [0.25, 0.3) is 0 Å². The summed E-state index contributed by atoms with van der Waals surface area (Å²) in [5.74, 6) is 1.49. The van der Waals surface area contributed by atoms with Gasteiger partial charge in [-0.1, -0.05) is 60.7 Å². The lowest BCUT2D eigenvalue weighted by Gasteiger charge is -2.33. The van der Waals surface area contributed by atoms with Crippen molar-refractivity contribution in [3.63, 3.8) is 0 Å². The predicted molar refractivity (Wildman–Crippen MR) is 141 cm³/mol. The summed E-state index contributed by atoms with van der Waals surface area (Å²) in [6.07, 6.45) is 3.21. The van der Waals surface area contributed by atoms with Crippen LogP contribution in [0.15, 0.2) is 89.8 Å². The van der Waals surface area contributed by atoms with Gasteiger partial charge in [0.05, 0.1) is 12.0 Å². The van der Waals surface area contributed by atoms with Gasteiger partial charge in [-0.3, -0.25) is 0 Å². The standard InChI is InChI=1S/C29H36N2O3S/c1-30(35(32,33)29-14-7-4-8-15-29)23-27(26-12-9-13-28(22-26)34-2)18-21-31-19-16-25(17-20-31)24-10-5-3-6-11-24/h3-15,22,25,27H,16-21,23H2,1-2H3/t27-/m0/s1. The van der Waals surface area contributed by atoms with Crippen molar-refractivity contribution in [2.45, 2.75) is 36.0 Å². The molecule has 0 bridgehead atoms. The molecule has 0 radical (unpaired) electrons. The second-order valence-electron chi connectivity index (χ2n) is 9.39. The van der Waals surface area contributed by atoms with Gasteiger partial charge in [0, 0.05) is 13.6 Å². The number of hydrogen-bond donors (Lipinski definition) is 0. The fourth-order valence-corrected chi connectivity index (χ4v) is 6.23. The topological polar surface area (TPSA) is 49.9 Å². The molecule has 3 aromatic rings. The smallest absolute Gasteiger partial charge is 0.242 e. The minimum absolute atomic E-state index is 0.0698. The fraction of sp³-hybridized carbons (Fsp3) is 0.379. The van der Waals surface area contributed by atoms with Gasteiger partial charge in [-0.15, -0.1) is 0 Å². The molecule has 3 aromatic carbocycles. The van der Waals surface area contributed by atoms with Crippen molar-refractivity contribution in [3.05, 3.63) is 96.1 Å². The van der Waals surface area contributed by atoms with Crippen molar-refractivity contribution in [1.82, 2.24) is 9.21 Å². The lowest BCUT2D eigenvalue weighted by Crippen LogP contribution is -2.36. The van der Waals surface area contributed by atoms with E-state index >= 15 is 0 Å². The summed E-state index contributed by atoms with van der Waals surface area (Å²) in [5.41, 5.74) is 2.55. The monoisotopic (exact) mass is 492 g/mol. The number of likely N-dealkylation sites (N-methyl/N-ethyl adjacent to an activating group) is 1. The predicted octanol–water partition coefficient (Wildman–Crippen LogP) is 5.37. The lowest BCUT2D eigenvalue weighted by molar-refractivity contribution is 0.203. The normalized spacial score (nSPS) is 16.3. The largest absolute Gasteiger partial charge is 0.497 e. The van der Waals surface area contributed by atoms with E-state index in [4.69, 9.17) is 4.74 Å². The molecule has 0 spiro atoms. The first-order valence-electron chi connectivity index (χ1n) is 12.4. The molecule has 4 rings (SSSR count). The van der Waals surface area contributed by atoms with E-state index in [1.54, 1.807) is 38.4 Å². The van der Waals surface area contributed by atoms with Crippen LogP contribution in [-0.4, -0.2) is 58.0 Å². The van der Waals surface area contributed by atoms with Crippen molar-refractivity contribution in [2.75, 3.05) is 40.3 Å². The molecule has 1 saturated heterocycles. The van der Waals surface area contributed by atoms with Crippen LogP contribution in [0.4, 0.5) is 0 Å². The number of sulfonamides is 1. The maximum Gasteiger partial charge on any atom is 0.242 e. The molecule has 5 nitrogen and oxygen atoms in total. The van der Waals surface area contributed by atoms with Gasteiger partial charge in [0.2, 0.25) is 10.0 Å². The number of methoxy groups -OCH3 is 1. The number of rotatable bonds is 10. The Morgan fingerprint density at radius 2 is 1.60 bits per heavy atom. The van der Waals surface area contributed by atoms with Gasteiger partial charge < -0.3 is 9.64 Å². The minimum atomic E-state index is -3.55. The van der Waals surface area contributed by atoms with Gasteiger partial charge in [0.1, 0.15) is 5.75 Å². The van der Waals surface area contributed by atoms with E-state index < -0.39 is 10.0 Å². The second kappa shape index (κ2) is 11.8. The summed E-state index contributed by atoms with van der Waals surface area (Å²) in [7, 11) is -0.205. The molecular formula is C29H36N2O3S. The van der Waals surface area contributed by atoms with Crippen LogP contribution < -0.4 is 4.74 Å². The van der Waals surface area contributed by atoms with Crippen LogP contribution in [0.5, 0.6) is 5.75 Å². The van der Waals surface area contributed by atoms with Crippen molar-refractivity contribution >= 4 is 10.0 Å². The number of piperidine rings is 1. The molecule has 0 unspecified atom stereocenters. The van der Waals surface area contributed by atoms with Crippen molar-refractivity contribution in [3.8, 4) is 5.75 Å². The number of benzene rings is 3. The molecule has 0 aromatic heterocycles. The molecule has 35 heavy (non-hydrogen) atoms. The van der Waals surface area contributed by atoms with Crippen molar-refractivity contribution in [2.24, 2.45) is 0 Å². The molecule has 0 aliphatic carbocycles. The summed E-state index contributed by atoms with van der Waals surface area (Å²) < 4.78 is 33.3. The highest BCUT2D eigenvalue weighted by Crippen LogP contribution is 2.30. The Balaban J connectivity index is 1.43. The van der Waals surface area contributed by atoms with Gasteiger partial charge >= 0.3 is 0 Å². The quantitative estimate of drug-likeness (QED) is 0.382. The highest BCUT2D eigenvalue weighted by atomic mass is 32.2. The van der Waals surface area contributed by atoms with Crippen LogP contribution in [0, 0.1) is 0 Å². The van der Waals surface area contributed by atoms with Gasteiger partial charge in [-0.05, 0) is 86.1 Å². The van der Waals surface area contributed by atoms with Gasteiger partial charge in [-0.2, -0.15) is 0 Å². The van der Waals surface area contributed by atoms with E-state index in [1.807, 2.05) is 24.3 Å². The Bertz CT molecular complexity index is 1160. The Morgan fingerprint density at radius 1 is 0.943 bits per heavy atom. The molecule has 6 heteroatoms. The fourth-order valence-electron chi connectivity index (χ4n) is 4.99. The highest BCUT2D eigenvalue weighted by Gasteiger charge is 2.26. The van der Waals surface area contributed by atoms with Crippen LogP contribution in [0.3, 0.4) is 0 Å². The first-order valence-corrected chi connectivity index (χ1v) is 13.8. The molecule has 186 valence electrons. The third-order valence-electron chi connectivity index (χ3n) is 7.15. The maximum absolute atomic E-state index is 13.2. The summed E-state index contributed by atoms with van der Waals surface area (Å²) in [6, 6.07) is 27.5. The van der Waals surface area contributed by atoms with E-state index in [1.165, 1.54) is 9.87 Å². The minimum Gasteiger partial charge on any atom is -0.497 e. The Hall–Kier alpha value is -2.67. The van der Waals surface area contributed by atoms with Crippen molar-refractivity contribution < 1.29 is 13.2 Å². The zero-order chi connectivity index (χ0) is 24.7. The summed E-state index contributed by atoms with van der Waals surface area (Å²) in [4.78, 5) is 2.85. The number of hydrogen-bond acceptors (Lipinski definition) is 4. The maximum atomic E-state index is 13.2. The van der Waals surface area contributed by atoms with E-state index in [2.05, 4.69) is 41.3 Å². The number of nitrogens with zero attached hydrogens (tertiary/aromatic N) is 2. The van der Waals surface area contributed by atoms with Crippen LogP contribution in [0.1, 0.15) is 42.2 Å². The third-order valence-corrected chi connectivity index (χ3v) is 8.98. The molecule has 0 amide bonds. The molecular weight excluding hydrogens is 456 g/mol. The molecule has 1 aliphatic heterocycles. The molecule has 1 heterocycles. The van der Waals surface area contributed by atoms with Crippen molar-refractivity contribution in [1.29, 1.82) is 0 Å². The SMILES string of the molecule is COc1cccc([C@@H](CCN2CCC(c3ccccc3)CC2)CN(C)S(=O)(=O)c2ccccc2)c1. The van der Waals surface area contributed by atoms with E-state index in [0.717, 1.165) is 50.2 Å². The van der Waals surface area contributed by atoms with Crippen LogP contribution >= 0.6 is 0 Å². The Labute approximate surface area is 210 Å². The zero-order valence-electron chi connectivity index (χ0n) is 20.7. The summed E-state index contributed by atoms with van der Waals surface area (Å²) in [6.45, 7) is 3.51. The molecule has 0 saturated carbocycles. The molecule has 1 atom stereocenters. The first-order chi connectivity index (χ1) is 17.0. The number of likely N-dealkylation sites (tertiary alicyclic amines) is 1. The number of ether oxygens (including phenoxy) is 1. The average molecular weight is 493 g/mol. The Morgan fingerprint density at radius 3 is 2.26 bits per heavy atom. The van der Waals surface area contributed by atoms with E-state index in [-0.39, 0.29) is 5.92 Å². The second-order valence-corrected chi connectivity index (χ2v) is 11.4. The van der Waals surface area contributed by atoms with E-state index in [9.17, 15) is 8.42 Å². The first kappa shape index (κ1) is 25.4. The summed E-state index contributed by atoms with van der Waals surface area (Å²) in [5, 5.41) is 0. The van der Waals surface area contributed by atoms with Crippen LogP contribution in [-0.2, 0) is 10.0 Å².